The molecule has 1 aromatic rings. The molecule has 0 unspecified atom stereocenters. The van der Waals surface area contributed by atoms with Crippen LogP contribution in [0.4, 0.5) is 5.69 Å². The van der Waals surface area contributed by atoms with Gasteiger partial charge in [-0.15, -0.1) is 24.0 Å². The van der Waals surface area contributed by atoms with Crippen LogP contribution >= 0.6 is 24.0 Å². The largest absolute Gasteiger partial charge is 0.378 e. The first-order valence-corrected chi connectivity index (χ1v) is 6.95. The van der Waals surface area contributed by atoms with Crippen LogP contribution in [0.3, 0.4) is 0 Å². The molecule has 1 aromatic carbocycles. The first-order valence-electron chi connectivity index (χ1n) is 6.95. The third kappa shape index (κ3) is 6.98. The molecule has 5 heteroatoms. The summed E-state index contributed by atoms with van der Waals surface area (Å²) in [5.41, 5.74) is 2.55. The minimum Gasteiger partial charge on any atom is -0.378 e. The monoisotopic (exact) mass is 390 g/mol. The SMILES string of the molecule is CCNC(=NCCc1ccc(N(C)C)cc1)NCC.I. The average molecular weight is 390 g/mol. The summed E-state index contributed by atoms with van der Waals surface area (Å²) in [5.74, 6) is 0.898. The lowest BCUT2D eigenvalue weighted by atomic mass is 10.1. The van der Waals surface area contributed by atoms with Crippen molar-refractivity contribution in [3.05, 3.63) is 29.8 Å². The average Bonchev–Trinajstić information content (AvgIpc) is 2.40. The molecule has 2 N–H and O–H groups in total. The highest BCUT2D eigenvalue weighted by Gasteiger charge is 1.97. The topological polar surface area (TPSA) is 39.7 Å². The van der Waals surface area contributed by atoms with E-state index in [9.17, 15) is 0 Å². The van der Waals surface area contributed by atoms with Crippen molar-refractivity contribution in [1.29, 1.82) is 0 Å². The van der Waals surface area contributed by atoms with Gasteiger partial charge in [-0.05, 0) is 38.0 Å². The fourth-order valence-corrected chi connectivity index (χ4v) is 1.77. The predicted molar refractivity (Wildman–Crippen MR) is 99.5 cm³/mol. The molecule has 0 radical (unpaired) electrons. The highest BCUT2D eigenvalue weighted by molar-refractivity contribution is 14.0. The maximum atomic E-state index is 4.54. The summed E-state index contributed by atoms with van der Waals surface area (Å²) in [6.07, 6.45) is 0.966. The number of benzene rings is 1. The molecule has 0 saturated heterocycles. The van der Waals surface area contributed by atoms with Gasteiger partial charge in [-0.25, -0.2) is 0 Å². The van der Waals surface area contributed by atoms with E-state index < -0.39 is 0 Å². The number of rotatable bonds is 6. The lowest BCUT2D eigenvalue weighted by Gasteiger charge is -2.12. The number of halogens is 1. The fourth-order valence-electron chi connectivity index (χ4n) is 1.77. The molecule has 114 valence electrons. The van der Waals surface area contributed by atoms with Gasteiger partial charge in [0.05, 0.1) is 0 Å². The molecule has 4 nitrogen and oxygen atoms in total. The van der Waals surface area contributed by atoms with Gasteiger partial charge in [-0.3, -0.25) is 4.99 Å². The molecule has 0 amide bonds. The molecular formula is C15H27IN4. The second-order valence-electron chi connectivity index (χ2n) is 4.60. The van der Waals surface area contributed by atoms with E-state index in [1.54, 1.807) is 0 Å². The molecule has 0 bridgehead atoms. The van der Waals surface area contributed by atoms with Crippen molar-refractivity contribution in [3.63, 3.8) is 0 Å². The highest BCUT2D eigenvalue weighted by atomic mass is 127. The lowest BCUT2D eigenvalue weighted by molar-refractivity contribution is 0.833. The molecule has 0 aliphatic rings. The zero-order chi connectivity index (χ0) is 14.1. The van der Waals surface area contributed by atoms with Crippen LogP contribution in [0.5, 0.6) is 0 Å². The molecule has 0 atom stereocenters. The van der Waals surface area contributed by atoms with E-state index in [0.717, 1.165) is 32.0 Å². The van der Waals surface area contributed by atoms with Crippen molar-refractivity contribution in [2.24, 2.45) is 4.99 Å². The van der Waals surface area contributed by atoms with Crippen LogP contribution in [0.15, 0.2) is 29.3 Å². The maximum absolute atomic E-state index is 4.54. The molecule has 1 rings (SSSR count). The van der Waals surface area contributed by atoms with Crippen LogP contribution in [0, 0.1) is 0 Å². The highest BCUT2D eigenvalue weighted by Crippen LogP contribution is 2.12. The van der Waals surface area contributed by atoms with Crippen molar-refractivity contribution >= 4 is 35.6 Å². The van der Waals surface area contributed by atoms with E-state index in [0.29, 0.717) is 0 Å². The van der Waals surface area contributed by atoms with Gasteiger partial charge in [0.1, 0.15) is 0 Å². The first-order chi connectivity index (χ1) is 9.17. The molecular weight excluding hydrogens is 363 g/mol. The van der Waals surface area contributed by atoms with Gasteiger partial charge in [0.2, 0.25) is 0 Å². The lowest BCUT2D eigenvalue weighted by Crippen LogP contribution is -2.37. The molecule has 0 aliphatic carbocycles. The Bertz CT molecular complexity index is 379. The van der Waals surface area contributed by atoms with Crippen LogP contribution in [-0.4, -0.2) is 39.7 Å². The number of guanidine groups is 1. The number of anilines is 1. The van der Waals surface area contributed by atoms with Gasteiger partial charge in [0, 0.05) is 39.4 Å². The van der Waals surface area contributed by atoms with Crippen LogP contribution in [0.25, 0.3) is 0 Å². The Balaban J connectivity index is 0.00000361. The quantitative estimate of drug-likeness (QED) is 0.446. The van der Waals surface area contributed by atoms with Gasteiger partial charge in [0.15, 0.2) is 5.96 Å². The summed E-state index contributed by atoms with van der Waals surface area (Å²) in [4.78, 5) is 6.65. The Hall–Kier alpha value is -0.980. The minimum absolute atomic E-state index is 0. The van der Waals surface area contributed by atoms with Gasteiger partial charge in [0.25, 0.3) is 0 Å². The van der Waals surface area contributed by atoms with Crippen LogP contribution in [0.2, 0.25) is 0 Å². The molecule has 0 aliphatic heterocycles. The Morgan fingerprint density at radius 3 is 2.05 bits per heavy atom. The summed E-state index contributed by atoms with van der Waals surface area (Å²) in [5, 5.41) is 6.45. The summed E-state index contributed by atoms with van der Waals surface area (Å²) in [7, 11) is 4.11. The second kappa shape index (κ2) is 10.8. The minimum atomic E-state index is 0. The third-order valence-corrected chi connectivity index (χ3v) is 2.81. The van der Waals surface area contributed by atoms with Crippen molar-refractivity contribution < 1.29 is 0 Å². The number of nitrogens with zero attached hydrogens (tertiary/aromatic N) is 2. The number of nitrogens with one attached hydrogen (secondary N) is 2. The smallest absolute Gasteiger partial charge is 0.191 e. The van der Waals surface area contributed by atoms with Gasteiger partial charge < -0.3 is 15.5 Å². The Morgan fingerprint density at radius 2 is 1.60 bits per heavy atom. The second-order valence-corrected chi connectivity index (χ2v) is 4.60. The summed E-state index contributed by atoms with van der Waals surface area (Å²) < 4.78 is 0. The first kappa shape index (κ1) is 19.0. The van der Waals surface area contributed by atoms with E-state index in [2.05, 4.69) is 72.7 Å². The number of hydrogen-bond acceptors (Lipinski definition) is 2. The van der Waals surface area contributed by atoms with Crippen LogP contribution < -0.4 is 15.5 Å². The van der Waals surface area contributed by atoms with E-state index in [1.807, 2.05) is 0 Å². The predicted octanol–water partition coefficient (Wildman–Crippen LogP) is 2.49. The van der Waals surface area contributed by atoms with Crippen molar-refractivity contribution in [2.75, 3.05) is 38.6 Å². The Kier molecular flexibility index (Phi) is 10.2. The zero-order valence-electron chi connectivity index (χ0n) is 12.9. The van der Waals surface area contributed by atoms with Crippen LogP contribution in [-0.2, 0) is 6.42 Å². The number of aliphatic imine (C=N–C) groups is 1. The van der Waals surface area contributed by atoms with E-state index in [-0.39, 0.29) is 24.0 Å². The third-order valence-electron chi connectivity index (χ3n) is 2.81. The van der Waals surface area contributed by atoms with E-state index in [4.69, 9.17) is 0 Å². The van der Waals surface area contributed by atoms with Crippen molar-refractivity contribution in [2.45, 2.75) is 20.3 Å². The van der Waals surface area contributed by atoms with E-state index in [1.165, 1.54) is 11.3 Å². The molecule has 0 fully saturated rings. The van der Waals surface area contributed by atoms with Crippen molar-refractivity contribution in [1.82, 2.24) is 10.6 Å². The summed E-state index contributed by atoms with van der Waals surface area (Å²) in [6, 6.07) is 8.64. The van der Waals surface area contributed by atoms with E-state index >= 15 is 0 Å². The molecule has 0 heterocycles. The summed E-state index contributed by atoms with van der Waals surface area (Å²) in [6.45, 7) is 6.74. The molecule has 0 aromatic heterocycles. The molecule has 20 heavy (non-hydrogen) atoms. The zero-order valence-corrected chi connectivity index (χ0v) is 15.3. The van der Waals surface area contributed by atoms with Crippen molar-refractivity contribution in [3.8, 4) is 0 Å². The normalized spacial score (nSPS) is 9.40. The standard InChI is InChI=1S/C15H26N4.HI/c1-5-16-15(17-6-2)18-12-11-13-7-9-14(10-8-13)19(3)4;/h7-10H,5-6,11-12H2,1-4H3,(H2,16,17,18);1H. The van der Waals surface area contributed by atoms with Gasteiger partial charge in [-0.2, -0.15) is 0 Å². The van der Waals surface area contributed by atoms with Gasteiger partial charge >= 0.3 is 0 Å². The molecule has 0 spiro atoms. The van der Waals surface area contributed by atoms with Crippen LogP contribution in [0.1, 0.15) is 19.4 Å². The number of hydrogen-bond donors (Lipinski definition) is 2. The fraction of sp³-hybridized carbons (Fsp3) is 0.533. The maximum Gasteiger partial charge on any atom is 0.191 e. The van der Waals surface area contributed by atoms with Gasteiger partial charge in [-0.1, -0.05) is 12.1 Å². The molecule has 0 saturated carbocycles. The summed E-state index contributed by atoms with van der Waals surface area (Å²) >= 11 is 0. The Labute approximate surface area is 140 Å². The Morgan fingerprint density at radius 1 is 1.05 bits per heavy atom.